The molecule has 0 aliphatic carbocycles. The van der Waals surface area contributed by atoms with Gasteiger partial charge in [0.1, 0.15) is 28.4 Å². The average molecular weight is 485 g/mol. The fraction of sp³-hybridized carbons (Fsp3) is 0.138. The summed E-state index contributed by atoms with van der Waals surface area (Å²) in [4.78, 5) is 37.0. The van der Waals surface area contributed by atoms with Gasteiger partial charge < -0.3 is 18.6 Å². The predicted molar refractivity (Wildman–Crippen MR) is 135 cm³/mol. The highest BCUT2D eigenvalue weighted by Gasteiger charge is 2.21. The molecule has 0 unspecified atom stereocenters. The van der Waals surface area contributed by atoms with Crippen LogP contribution < -0.4 is 9.47 Å². The summed E-state index contributed by atoms with van der Waals surface area (Å²) < 4.78 is 21.4. The molecule has 7 nitrogen and oxygen atoms in total. The highest BCUT2D eigenvalue weighted by Crippen LogP contribution is 2.30. The van der Waals surface area contributed by atoms with E-state index in [4.69, 9.17) is 13.9 Å². The van der Waals surface area contributed by atoms with Crippen molar-refractivity contribution in [1.29, 1.82) is 0 Å². The van der Waals surface area contributed by atoms with Crippen molar-refractivity contribution < 1.29 is 33.0 Å². The lowest BCUT2D eigenvalue weighted by Crippen LogP contribution is -2.09. The van der Waals surface area contributed by atoms with Gasteiger partial charge in [-0.25, -0.2) is 9.59 Å². The molecular weight excluding hydrogens is 460 g/mol. The molecule has 0 radical (unpaired) electrons. The fourth-order valence-electron chi connectivity index (χ4n) is 3.67. The van der Waals surface area contributed by atoms with Gasteiger partial charge in [-0.3, -0.25) is 4.79 Å². The third kappa shape index (κ3) is 5.36. The molecule has 0 fully saturated rings. The second-order valence-corrected chi connectivity index (χ2v) is 7.85. The first-order chi connectivity index (χ1) is 17.4. The van der Waals surface area contributed by atoms with Gasteiger partial charge in [-0.1, -0.05) is 18.2 Å². The number of hydrogen-bond acceptors (Lipinski definition) is 7. The quantitative estimate of drug-likeness (QED) is 0.130. The summed E-state index contributed by atoms with van der Waals surface area (Å²) in [7, 11) is 1.32. The molecule has 1 aromatic heterocycles. The third-order valence-corrected chi connectivity index (χ3v) is 5.46. The number of benzene rings is 3. The number of rotatable bonds is 8. The second kappa shape index (κ2) is 10.7. The van der Waals surface area contributed by atoms with Gasteiger partial charge in [0.2, 0.25) is 0 Å². The summed E-state index contributed by atoms with van der Waals surface area (Å²) >= 11 is 0. The van der Waals surface area contributed by atoms with Crippen LogP contribution in [0.1, 0.15) is 49.3 Å². The summed E-state index contributed by atoms with van der Waals surface area (Å²) in [5.74, 6) is 0.178. The molecule has 0 amide bonds. The number of aryl methyl sites for hydroxylation is 1. The minimum absolute atomic E-state index is 0.218. The monoisotopic (exact) mass is 484 g/mol. The number of ether oxygens (including phenoxy) is 3. The number of hydrogen-bond donors (Lipinski definition) is 0. The summed E-state index contributed by atoms with van der Waals surface area (Å²) in [6.07, 6.45) is 3.09. The van der Waals surface area contributed by atoms with Crippen molar-refractivity contribution in [3.8, 4) is 11.5 Å². The number of methoxy groups -OCH3 is 1. The molecule has 36 heavy (non-hydrogen) atoms. The average Bonchev–Trinajstić information content (AvgIpc) is 3.22. The topological polar surface area (TPSA) is 92.0 Å². The number of esters is 2. The predicted octanol–water partition coefficient (Wildman–Crippen LogP) is 6.04. The van der Waals surface area contributed by atoms with E-state index in [2.05, 4.69) is 4.74 Å². The van der Waals surface area contributed by atoms with Crippen molar-refractivity contribution in [2.24, 2.45) is 0 Å². The van der Waals surface area contributed by atoms with E-state index in [0.717, 1.165) is 5.56 Å². The number of carbonyl (C=O) groups excluding carboxylic acids is 3. The molecule has 0 atom stereocenters. The number of allylic oxidation sites excluding steroid dienone is 1. The van der Waals surface area contributed by atoms with E-state index in [1.807, 2.05) is 6.92 Å². The lowest BCUT2D eigenvalue weighted by Gasteiger charge is -2.06. The molecule has 0 N–H and O–H groups in total. The maximum atomic E-state index is 12.9. The molecule has 0 aliphatic heterocycles. The van der Waals surface area contributed by atoms with Gasteiger partial charge in [-0.05, 0) is 80.1 Å². The Morgan fingerprint density at radius 2 is 1.53 bits per heavy atom. The van der Waals surface area contributed by atoms with E-state index < -0.39 is 11.9 Å². The van der Waals surface area contributed by atoms with Gasteiger partial charge in [0.25, 0.3) is 0 Å². The number of fused-ring (bicyclic) bond motifs is 1. The van der Waals surface area contributed by atoms with Crippen molar-refractivity contribution in [2.45, 2.75) is 13.8 Å². The summed E-state index contributed by atoms with van der Waals surface area (Å²) in [5.41, 5.74) is 2.52. The van der Waals surface area contributed by atoms with E-state index in [-0.39, 0.29) is 5.78 Å². The van der Waals surface area contributed by atoms with Crippen LogP contribution in [0.3, 0.4) is 0 Å². The normalized spacial score (nSPS) is 11.0. The molecule has 0 bridgehead atoms. The Hall–Kier alpha value is -4.65. The Kier molecular flexibility index (Phi) is 7.30. The smallest absolute Gasteiger partial charge is 0.347 e. The van der Waals surface area contributed by atoms with Crippen LogP contribution in [0.15, 0.2) is 77.2 Å². The van der Waals surface area contributed by atoms with Crippen LogP contribution in [-0.2, 0) is 4.74 Å². The van der Waals surface area contributed by atoms with E-state index in [1.165, 1.54) is 13.2 Å². The van der Waals surface area contributed by atoms with Crippen LogP contribution in [0.4, 0.5) is 0 Å². The lowest BCUT2D eigenvalue weighted by molar-refractivity contribution is 0.0600. The van der Waals surface area contributed by atoms with Gasteiger partial charge in [-0.2, -0.15) is 0 Å². The molecule has 0 saturated carbocycles. The first-order valence-corrected chi connectivity index (χ1v) is 11.3. The number of ketones is 1. The van der Waals surface area contributed by atoms with E-state index in [1.54, 1.807) is 79.7 Å². The molecule has 0 aliphatic rings. The maximum Gasteiger partial charge on any atom is 0.347 e. The van der Waals surface area contributed by atoms with Crippen LogP contribution in [0.5, 0.6) is 11.5 Å². The Labute approximate surface area is 207 Å². The molecule has 4 aromatic rings. The zero-order chi connectivity index (χ0) is 25.7. The third-order valence-electron chi connectivity index (χ3n) is 5.46. The minimum Gasteiger partial charge on any atom is -0.494 e. The standard InChI is InChI=1S/C29H24O7/c1-4-34-23-14-16-26-24(17-23)27(18(2)35-26)29(32)36-22-12-10-20(11-13-22)25(30)15-7-19-5-8-21(9-6-19)28(31)33-3/h5-17H,4H2,1-3H3/b15-7+. The zero-order valence-electron chi connectivity index (χ0n) is 20.1. The van der Waals surface area contributed by atoms with Crippen molar-refractivity contribution in [3.63, 3.8) is 0 Å². The molecule has 0 spiro atoms. The number of furan rings is 1. The Morgan fingerprint density at radius 1 is 0.861 bits per heavy atom. The van der Waals surface area contributed by atoms with Gasteiger partial charge in [0.05, 0.1) is 19.3 Å². The Balaban J connectivity index is 1.44. The van der Waals surface area contributed by atoms with Crippen LogP contribution in [-0.4, -0.2) is 31.4 Å². The van der Waals surface area contributed by atoms with Crippen molar-refractivity contribution in [2.75, 3.05) is 13.7 Å². The lowest BCUT2D eigenvalue weighted by atomic mass is 10.1. The molecule has 0 saturated heterocycles. The van der Waals surface area contributed by atoms with Crippen molar-refractivity contribution in [1.82, 2.24) is 0 Å². The fourth-order valence-corrected chi connectivity index (χ4v) is 3.67. The maximum absolute atomic E-state index is 12.9. The zero-order valence-corrected chi connectivity index (χ0v) is 20.1. The van der Waals surface area contributed by atoms with Gasteiger partial charge in [0, 0.05) is 10.9 Å². The Morgan fingerprint density at radius 3 is 2.19 bits per heavy atom. The van der Waals surface area contributed by atoms with E-state index in [0.29, 0.717) is 51.5 Å². The highest BCUT2D eigenvalue weighted by atomic mass is 16.5. The van der Waals surface area contributed by atoms with Crippen molar-refractivity contribution >= 4 is 34.8 Å². The summed E-state index contributed by atoms with van der Waals surface area (Å²) in [6.45, 7) is 4.09. The van der Waals surface area contributed by atoms with Crippen LogP contribution in [0.2, 0.25) is 0 Å². The SMILES string of the molecule is CCOc1ccc2oc(C)c(C(=O)Oc3ccc(C(=O)/C=C/c4ccc(C(=O)OC)cc4)cc3)c2c1. The van der Waals surface area contributed by atoms with E-state index in [9.17, 15) is 14.4 Å². The molecule has 7 heteroatoms. The van der Waals surface area contributed by atoms with Crippen LogP contribution in [0, 0.1) is 6.92 Å². The van der Waals surface area contributed by atoms with Gasteiger partial charge in [0.15, 0.2) is 5.78 Å². The minimum atomic E-state index is -0.561. The summed E-state index contributed by atoms with van der Waals surface area (Å²) in [6, 6.07) is 18.3. The highest BCUT2D eigenvalue weighted by molar-refractivity contribution is 6.07. The van der Waals surface area contributed by atoms with E-state index >= 15 is 0 Å². The first-order valence-electron chi connectivity index (χ1n) is 11.3. The molecule has 1 heterocycles. The Bertz CT molecular complexity index is 1440. The van der Waals surface area contributed by atoms with Gasteiger partial charge >= 0.3 is 11.9 Å². The van der Waals surface area contributed by atoms with Gasteiger partial charge in [-0.15, -0.1) is 0 Å². The molecular formula is C29H24O7. The largest absolute Gasteiger partial charge is 0.494 e. The van der Waals surface area contributed by atoms with Crippen molar-refractivity contribution in [3.05, 3.63) is 101 Å². The first kappa shape index (κ1) is 24.5. The molecule has 3 aromatic carbocycles. The molecule has 182 valence electrons. The van der Waals surface area contributed by atoms with Crippen LogP contribution in [0.25, 0.3) is 17.0 Å². The summed E-state index contributed by atoms with van der Waals surface area (Å²) in [5, 5.41) is 0.611. The molecule has 4 rings (SSSR count). The second-order valence-electron chi connectivity index (χ2n) is 7.85. The number of carbonyl (C=O) groups is 3. The van der Waals surface area contributed by atoms with Crippen LogP contribution >= 0.6 is 0 Å².